The molecule has 0 radical (unpaired) electrons. The van der Waals surface area contributed by atoms with Gasteiger partial charge in [-0.2, -0.15) is 0 Å². The van der Waals surface area contributed by atoms with Gasteiger partial charge in [0.25, 0.3) is 0 Å². The number of methoxy groups -OCH3 is 1. The summed E-state index contributed by atoms with van der Waals surface area (Å²) >= 11 is 13.5. The Morgan fingerprint density at radius 2 is 1.71 bits per heavy atom. The summed E-state index contributed by atoms with van der Waals surface area (Å²) in [5.74, 6) is 1.64. The Morgan fingerprint density at radius 1 is 1.00 bits per heavy atom. The zero-order chi connectivity index (χ0) is 19.7. The molecule has 7 nitrogen and oxygen atoms in total. The van der Waals surface area contributed by atoms with Crippen LogP contribution in [0.4, 0.5) is 28.1 Å². The van der Waals surface area contributed by atoms with Crippen molar-refractivity contribution in [1.29, 1.82) is 0 Å². The summed E-state index contributed by atoms with van der Waals surface area (Å²) in [6.07, 6.45) is 1.41. The number of nitrogens with two attached hydrogens (primary N) is 1. The van der Waals surface area contributed by atoms with Gasteiger partial charge in [0.15, 0.2) is 16.8 Å². The normalized spacial score (nSPS) is 10.8. The van der Waals surface area contributed by atoms with E-state index in [1.54, 1.807) is 25.3 Å². The Labute approximate surface area is 174 Å². The molecule has 4 N–H and O–H groups in total. The van der Waals surface area contributed by atoms with Crippen LogP contribution in [0.1, 0.15) is 0 Å². The number of nitrogens with one attached hydrogen (secondary N) is 2. The van der Waals surface area contributed by atoms with Crippen molar-refractivity contribution in [3.63, 3.8) is 0 Å². The van der Waals surface area contributed by atoms with Crippen molar-refractivity contribution in [2.24, 2.45) is 0 Å². The molecular formula is C18H14Cl2N6OS. The number of nitrogen functional groups attached to an aromatic ring is 1. The maximum absolute atomic E-state index is 6.24. The highest BCUT2D eigenvalue weighted by Gasteiger charge is 2.12. The molecule has 0 aliphatic heterocycles. The number of hydrogen-bond acceptors (Lipinski definition) is 8. The van der Waals surface area contributed by atoms with Crippen LogP contribution in [-0.4, -0.2) is 22.1 Å². The largest absolute Gasteiger partial charge is 0.497 e. The Morgan fingerprint density at radius 3 is 2.43 bits per heavy atom. The van der Waals surface area contributed by atoms with Crippen molar-refractivity contribution in [3.05, 3.63) is 52.8 Å². The van der Waals surface area contributed by atoms with E-state index in [1.807, 2.05) is 18.2 Å². The number of benzene rings is 2. The van der Waals surface area contributed by atoms with E-state index < -0.39 is 0 Å². The fourth-order valence-corrected chi connectivity index (χ4v) is 3.96. The van der Waals surface area contributed by atoms with Crippen LogP contribution in [-0.2, 0) is 0 Å². The van der Waals surface area contributed by atoms with Crippen LogP contribution >= 0.6 is 34.5 Å². The standard InChI is InChI=1S/C18H14Cl2N6OS/c1-27-12-2-3-13-14(7-12)28-18(25-13)26-17-15(21)16(22-8-23-17)24-11-5-9(19)4-10(20)6-11/h2-8H,21H2,1H3,(H2,22,23,24,25,26). The number of nitrogens with zero attached hydrogens (tertiary/aromatic N) is 3. The fraction of sp³-hybridized carbons (Fsp3) is 0.0556. The Bertz CT molecular complexity index is 1150. The minimum Gasteiger partial charge on any atom is -0.497 e. The number of ether oxygens (including phenoxy) is 1. The molecule has 0 saturated carbocycles. The van der Waals surface area contributed by atoms with Crippen LogP contribution in [0.2, 0.25) is 10.0 Å². The van der Waals surface area contributed by atoms with Crippen molar-refractivity contribution in [1.82, 2.24) is 15.0 Å². The summed E-state index contributed by atoms with van der Waals surface area (Å²) in [6.45, 7) is 0. The number of anilines is 5. The van der Waals surface area contributed by atoms with Gasteiger partial charge >= 0.3 is 0 Å². The van der Waals surface area contributed by atoms with E-state index in [0.29, 0.717) is 38.2 Å². The molecule has 0 spiro atoms. The molecule has 0 aliphatic rings. The summed E-state index contributed by atoms with van der Waals surface area (Å²) < 4.78 is 6.24. The van der Waals surface area contributed by atoms with Crippen molar-refractivity contribution in [2.75, 3.05) is 23.5 Å². The van der Waals surface area contributed by atoms with E-state index in [2.05, 4.69) is 25.6 Å². The van der Waals surface area contributed by atoms with Gasteiger partial charge in [-0.05, 0) is 36.4 Å². The third kappa shape index (κ3) is 3.89. The molecule has 0 atom stereocenters. The highest BCUT2D eigenvalue weighted by atomic mass is 35.5. The van der Waals surface area contributed by atoms with Crippen LogP contribution in [0, 0.1) is 0 Å². The van der Waals surface area contributed by atoms with Crippen LogP contribution in [0.5, 0.6) is 5.75 Å². The molecule has 0 saturated heterocycles. The molecule has 2 aromatic heterocycles. The van der Waals surface area contributed by atoms with Gasteiger partial charge in [0.2, 0.25) is 0 Å². The summed E-state index contributed by atoms with van der Waals surface area (Å²) in [6, 6.07) is 10.8. The second kappa shape index (κ2) is 7.67. The second-order valence-corrected chi connectivity index (χ2v) is 7.65. The molecule has 0 aliphatic carbocycles. The number of aromatic nitrogens is 3. The first-order valence-corrected chi connectivity index (χ1v) is 9.64. The molecule has 142 valence electrons. The lowest BCUT2D eigenvalue weighted by Gasteiger charge is -2.11. The molecule has 4 rings (SSSR count). The first-order valence-electron chi connectivity index (χ1n) is 8.07. The fourth-order valence-electron chi connectivity index (χ4n) is 2.54. The summed E-state index contributed by atoms with van der Waals surface area (Å²) in [5.41, 5.74) is 8.10. The lowest BCUT2D eigenvalue weighted by Crippen LogP contribution is -2.05. The van der Waals surface area contributed by atoms with Crippen molar-refractivity contribution >= 4 is 72.9 Å². The van der Waals surface area contributed by atoms with Gasteiger partial charge in [-0.15, -0.1) is 0 Å². The molecule has 0 fully saturated rings. The minimum atomic E-state index is 0.343. The highest BCUT2D eigenvalue weighted by Crippen LogP contribution is 2.34. The zero-order valence-corrected chi connectivity index (χ0v) is 16.9. The molecule has 10 heteroatoms. The second-order valence-electron chi connectivity index (χ2n) is 5.75. The highest BCUT2D eigenvalue weighted by molar-refractivity contribution is 7.22. The van der Waals surface area contributed by atoms with E-state index >= 15 is 0 Å². The first kappa shape index (κ1) is 18.5. The van der Waals surface area contributed by atoms with Gasteiger partial charge in [0, 0.05) is 15.7 Å². The first-order chi connectivity index (χ1) is 13.5. The SMILES string of the molecule is COc1ccc2nc(Nc3ncnc(Nc4cc(Cl)cc(Cl)c4)c3N)sc2c1. The maximum atomic E-state index is 6.24. The molecule has 28 heavy (non-hydrogen) atoms. The van der Waals surface area contributed by atoms with E-state index in [1.165, 1.54) is 17.7 Å². The summed E-state index contributed by atoms with van der Waals surface area (Å²) in [4.78, 5) is 13.0. The molecule has 2 aromatic carbocycles. The number of thiazole rings is 1. The van der Waals surface area contributed by atoms with Gasteiger partial charge in [-0.25, -0.2) is 15.0 Å². The van der Waals surface area contributed by atoms with E-state index in [9.17, 15) is 0 Å². The maximum Gasteiger partial charge on any atom is 0.189 e. The monoisotopic (exact) mass is 432 g/mol. The topological polar surface area (TPSA) is 98.0 Å². The quantitative estimate of drug-likeness (QED) is 0.384. The van der Waals surface area contributed by atoms with E-state index in [-0.39, 0.29) is 0 Å². The Hall–Kier alpha value is -2.81. The van der Waals surface area contributed by atoms with Crippen LogP contribution in [0.25, 0.3) is 10.2 Å². The van der Waals surface area contributed by atoms with Gasteiger partial charge < -0.3 is 21.1 Å². The predicted octanol–water partition coefficient (Wildman–Crippen LogP) is 5.47. The number of hydrogen-bond donors (Lipinski definition) is 3. The molecular weight excluding hydrogens is 419 g/mol. The number of halogens is 2. The summed E-state index contributed by atoms with van der Waals surface area (Å²) in [7, 11) is 1.63. The molecule has 2 heterocycles. The molecule has 0 unspecified atom stereocenters. The van der Waals surface area contributed by atoms with Crippen LogP contribution in [0.3, 0.4) is 0 Å². The van der Waals surface area contributed by atoms with Crippen LogP contribution < -0.4 is 21.1 Å². The predicted molar refractivity (Wildman–Crippen MR) is 116 cm³/mol. The van der Waals surface area contributed by atoms with E-state index in [4.69, 9.17) is 33.7 Å². The summed E-state index contributed by atoms with van der Waals surface area (Å²) in [5, 5.41) is 7.92. The van der Waals surface area contributed by atoms with Gasteiger partial charge in [-0.3, -0.25) is 0 Å². The number of rotatable bonds is 5. The molecule has 4 aromatic rings. The number of fused-ring (bicyclic) bond motifs is 1. The van der Waals surface area contributed by atoms with Gasteiger partial charge in [0.05, 0.1) is 17.3 Å². The average Bonchev–Trinajstić information content (AvgIpc) is 3.05. The lowest BCUT2D eigenvalue weighted by atomic mass is 10.3. The molecule has 0 bridgehead atoms. The van der Waals surface area contributed by atoms with Crippen LogP contribution in [0.15, 0.2) is 42.7 Å². The van der Waals surface area contributed by atoms with Crippen molar-refractivity contribution in [2.45, 2.75) is 0 Å². The average molecular weight is 433 g/mol. The minimum absolute atomic E-state index is 0.343. The van der Waals surface area contributed by atoms with Crippen molar-refractivity contribution < 1.29 is 4.74 Å². The Kier molecular flexibility index (Phi) is 5.08. The van der Waals surface area contributed by atoms with Crippen molar-refractivity contribution in [3.8, 4) is 5.75 Å². The third-order valence-corrected chi connectivity index (χ3v) is 5.20. The van der Waals surface area contributed by atoms with Gasteiger partial charge in [-0.1, -0.05) is 34.5 Å². The zero-order valence-electron chi connectivity index (χ0n) is 14.5. The third-order valence-electron chi connectivity index (χ3n) is 3.83. The lowest BCUT2D eigenvalue weighted by molar-refractivity contribution is 0.415. The van der Waals surface area contributed by atoms with Gasteiger partial charge in [0.1, 0.15) is 17.8 Å². The smallest absolute Gasteiger partial charge is 0.189 e. The Balaban J connectivity index is 1.61. The van der Waals surface area contributed by atoms with E-state index in [0.717, 1.165) is 16.0 Å². The molecule has 0 amide bonds.